The maximum atomic E-state index is 5.76. The fourth-order valence-corrected chi connectivity index (χ4v) is 4.32. The zero-order valence-corrected chi connectivity index (χ0v) is 10.4. The molecule has 1 unspecified atom stereocenters. The summed E-state index contributed by atoms with van der Waals surface area (Å²) in [5.41, 5.74) is 0. The van der Waals surface area contributed by atoms with Crippen molar-refractivity contribution in [2.75, 3.05) is 7.11 Å². The van der Waals surface area contributed by atoms with Gasteiger partial charge >= 0.3 is 0 Å². The minimum Gasteiger partial charge on any atom is -0.416 e. The van der Waals surface area contributed by atoms with Gasteiger partial charge in [0.1, 0.15) is 0 Å². The van der Waals surface area contributed by atoms with Gasteiger partial charge in [0.25, 0.3) is 0 Å². The quantitative estimate of drug-likeness (QED) is 0.676. The molecule has 0 aromatic heterocycles. The summed E-state index contributed by atoms with van der Waals surface area (Å²) in [5.74, 6) is 0. The van der Waals surface area contributed by atoms with E-state index in [9.17, 15) is 0 Å². The van der Waals surface area contributed by atoms with Crippen LogP contribution < -0.4 is 5.19 Å². The molecule has 1 atom stereocenters. The van der Waals surface area contributed by atoms with Crippen LogP contribution in [0.4, 0.5) is 0 Å². The number of benzene rings is 1. The van der Waals surface area contributed by atoms with Crippen molar-refractivity contribution in [3.8, 4) is 0 Å². The van der Waals surface area contributed by atoms with Crippen LogP contribution in [0, 0.1) is 0 Å². The lowest BCUT2D eigenvalue weighted by molar-refractivity contribution is 0.407. The predicted octanol–water partition coefficient (Wildman–Crippen LogP) is 2.92. The molecule has 0 saturated carbocycles. The van der Waals surface area contributed by atoms with Crippen molar-refractivity contribution in [1.82, 2.24) is 0 Å². The molecule has 0 spiro atoms. The Bertz CT molecular complexity index is 260. The fraction of sp³-hybridized carbons (Fsp3) is 0.500. The maximum Gasteiger partial charge on any atom is 0.220 e. The van der Waals surface area contributed by atoms with Crippen LogP contribution in [0.15, 0.2) is 30.3 Å². The Labute approximate surface area is 88.2 Å². The van der Waals surface area contributed by atoms with Gasteiger partial charge in [-0.3, -0.25) is 0 Å². The summed E-state index contributed by atoms with van der Waals surface area (Å²) in [7, 11) is 0.236. The Balaban J connectivity index is 2.79. The summed E-state index contributed by atoms with van der Waals surface area (Å²) in [6.45, 7) is 4.54. The van der Waals surface area contributed by atoms with Crippen LogP contribution in [0.25, 0.3) is 0 Å². The van der Waals surface area contributed by atoms with Crippen molar-refractivity contribution in [3.05, 3.63) is 30.3 Å². The van der Waals surface area contributed by atoms with Crippen LogP contribution in [0.5, 0.6) is 0 Å². The van der Waals surface area contributed by atoms with Crippen LogP contribution in [0.2, 0.25) is 12.6 Å². The summed E-state index contributed by atoms with van der Waals surface area (Å²) >= 11 is 0. The summed E-state index contributed by atoms with van der Waals surface area (Å²) in [6, 6.07) is 11.9. The van der Waals surface area contributed by atoms with Gasteiger partial charge in [0, 0.05) is 7.11 Å². The average Bonchev–Trinajstić information content (AvgIpc) is 2.27. The van der Waals surface area contributed by atoms with Gasteiger partial charge in [0.15, 0.2) is 0 Å². The van der Waals surface area contributed by atoms with Gasteiger partial charge in [0.05, 0.1) is 0 Å². The summed E-state index contributed by atoms with van der Waals surface area (Å²) in [4.78, 5) is 0. The van der Waals surface area contributed by atoms with Gasteiger partial charge in [-0.05, 0) is 17.8 Å². The van der Waals surface area contributed by atoms with Gasteiger partial charge in [-0.15, -0.1) is 0 Å². The Morgan fingerprint density at radius 2 is 1.86 bits per heavy atom. The van der Waals surface area contributed by atoms with E-state index in [0.29, 0.717) is 0 Å². The molecule has 0 aliphatic heterocycles. The molecule has 0 fully saturated rings. The first-order valence-electron chi connectivity index (χ1n) is 5.33. The highest BCUT2D eigenvalue weighted by atomic mass is 28.4. The smallest absolute Gasteiger partial charge is 0.220 e. The first-order valence-corrected chi connectivity index (χ1v) is 7.95. The van der Waals surface area contributed by atoms with Gasteiger partial charge in [-0.25, -0.2) is 0 Å². The molecule has 1 nitrogen and oxygen atoms in total. The summed E-state index contributed by atoms with van der Waals surface area (Å²) in [6.07, 6.45) is 2.52. The van der Waals surface area contributed by atoms with E-state index in [-0.39, 0.29) is 0 Å². The molecule has 1 aromatic carbocycles. The molecule has 0 bridgehead atoms. The van der Waals surface area contributed by atoms with E-state index in [1.54, 1.807) is 0 Å². The molecular weight excluding hydrogens is 188 g/mol. The Morgan fingerprint density at radius 1 is 1.21 bits per heavy atom. The van der Waals surface area contributed by atoms with E-state index < -0.39 is 8.32 Å². The SMILES string of the molecule is CCCC[Si](C)(OC)c1ccccc1. The second kappa shape index (κ2) is 5.32. The lowest BCUT2D eigenvalue weighted by atomic mass is 10.4. The molecule has 78 valence electrons. The minimum absolute atomic E-state index is 1.23. The molecule has 0 saturated heterocycles. The minimum atomic E-state index is -1.62. The summed E-state index contributed by atoms with van der Waals surface area (Å²) < 4.78 is 5.76. The normalized spacial score (nSPS) is 15.1. The van der Waals surface area contributed by atoms with Crippen LogP contribution >= 0.6 is 0 Å². The average molecular weight is 208 g/mol. The van der Waals surface area contributed by atoms with E-state index in [1.165, 1.54) is 24.1 Å². The number of hydrogen-bond donors (Lipinski definition) is 0. The molecule has 0 heterocycles. The third kappa shape index (κ3) is 2.69. The molecule has 0 radical (unpaired) electrons. The van der Waals surface area contributed by atoms with Crippen molar-refractivity contribution in [3.63, 3.8) is 0 Å². The fourth-order valence-electron chi connectivity index (χ4n) is 1.67. The highest BCUT2D eigenvalue weighted by Crippen LogP contribution is 2.14. The molecule has 1 aromatic rings. The number of rotatable bonds is 5. The molecule has 0 amide bonds. The van der Waals surface area contributed by atoms with E-state index >= 15 is 0 Å². The van der Waals surface area contributed by atoms with Gasteiger partial charge in [0.2, 0.25) is 8.32 Å². The van der Waals surface area contributed by atoms with Crippen molar-refractivity contribution in [2.45, 2.75) is 32.4 Å². The van der Waals surface area contributed by atoms with E-state index in [4.69, 9.17) is 4.43 Å². The van der Waals surface area contributed by atoms with E-state index in [0.717, 1.165) is 0 Å². The zero-order chi connectivity index (χ0) is 10.4. The highest BCUT2D eigenvalue weighted by molar-refractivity contribution is 6.85. The monoisotopic (exact) mass is 208 g/mol. The standard InChI is InChI=1S/C12H20OSi/c1-4-5-11-14(3,13-2)12-9-7-6-8-10-12/h6-10H,4-5,11H2,1-3H3. The number of hydrogen-bond acceptors (Lipinski definition) is 1. The third-order valence-corrected chi connectivity index (χ3v) is 6.61. The molecule has 0 aliphatic rings. The van der Waals surface area contributed by atoms with Crippen molar-refractivity contribution in [1.29, 1.82) is 0 Å². The molecule has 14 heavy (non-hydrogen) atoms. The highest BCUT2D eigenvalue weighted by Gasteiger charge is 2.28. The first-order chi connectivity index (χ1) is 6.73. The van der Waals surface area contributed by atoms with Gasteiger partial charge in [-0.2, -0.15) is 0 Å². The third-order valence-electron chi connectivity index (χ3n) is 2.84. The molecule has 2 heteroatoms. The molecule has 1 rings (SSSR count). The van der Waals surface area contributed by atoms with Crippen molar-refractivity contribution in [2.24, 2.45) is 0 Å². The van der Waals surface area contributed by atoms with Gasteiger partial charge < -0.3 is 4.43 Å². The predicted molar refractivity (Wildman–Crippen MR) is 64.4 cm³/mol. The second-order valence-electron chi connectivity index (χ2n) is 3.90. The topological polar surface area (TPSA) is 9.23 Å². The van der Waals surface area contributed by atoms with Crippen LogP contribution in [-0.2, 0) is 4.43 Å². The largest absolute Gasteiger partial charge is 0.416 e. The number of unbranched alkanes of at least 4 members (excludes halogenated alkanes) is 1. The second-order valence-corrected chi connectivity index (χ2v) is 7.85. The Hall–Kier alpha value is -0.603. The van der Waals surface area contributed by atoms with E-state index in [1.807, 2.05) is 7.11 Å². The lowest BCUT2D eigenvalue weighted by Gasteiger charge is -2.25. The van der Waals surface area contributed by atoms with Crippen LogP contribution in [-0.4, -0.2) is 15.4 Å². The first kappa shape index (κ1) is 11.5. The summed E-state index contributed by atoms with van der Waals surface area (Å²) in [5, 5.41) is 1.41. The zero-order valence-electron chi connectivity index (χ0n) is 9.42. The molecule has 0 aliphatic carbocycles. The van der Waals surface area contributed by atoms with E-state index in [2.05, 4.69) is 43.8 Å². The van der Waals surface area contributed by atoms with Crippen LogP contribution in [0.1, 0.15) is 19.8 Å². The van der Waals surface area contributed by atoms with Crippen molar-refractivity contribution >= 4 is 13.5 Å². The Kier molecular flexibility index (Phi) is 4.36. The van der Waals surface area contributed by atoms with Gasteiger partial charge in [-0.1, -0.05) is 50.1 Å². The molecule has 0 N–H and O–H groups in total. The molecular formula is C12H20OSi. The van der Waals surface area contributed by atoms with Crippen LogP contribution in [0.3, 0.4) is 0 Å². The Morgan fingerprint density at radius 3 is 2.36 bits per heavy atom. The lowest BCUT2D eigenvalue weighted by Crippen LogP contribution is -2.46. The maximum absolute atomic E-state index is 5.76. The van der Waals surface area contributed by atoms with Crippen molar-refractivity contribution < 1.29 is 4.43 Å².